The Morgan fingerprint density at radius 1 is 1.29 bits per heavy atom. The van der Waals surface area contributed by atoms with E-state index in [0.29, 0.717) is 23.3 Å². The summed E-state index contributed by atoms with van der Waals surface area (Å²) in [6.45, 7) is 1.99. The predicted molar refractivity (Wildman–Crippen MR) is 94.0 cm³/mol. The predicted octanol–water partition coefficient (Wildman–Crippen LogP) is 2.20. The van der Waals surface area contributed by atoms with Gasteiger partial charge in [-0.05, 0) is 41.7 Å². The quantitative estimate of drug-likeness (QED) is 0.402. The van der Waals surface area contributed by atoms with Crippen LogP contribution in [0, 0.1) is 0 Å². The van der Waals surface area contributed by atoms with Gasteiger partial charge >= 0.3 is 11.9 Å². The summed E-state index contributed by atoms with van der Waals surface area (Å²) >= 11 is 1.63. The first-order valence-corrected chi connectivity index (χ1v) is 8.61. The average Bonchev–Trinajstić information content (AvgIpc) is 2.58. The second-order valence-electron chi connectivity index (χ2n) is 4.83. The maximum atomic E-state index is 11.8. The van der Waals surface area contributed by atoms with Crippen molar-refractivity contribution in [1.29, 1.82) is 0 Å². The average molecular weight is 351 g/mol. The normalized spacial score (nSPS) is 11.9. The van der Waals surface area contributed by atoms with Gasteiger partial charge in [-0.25, -0.2) is 9.59 Å². The standard InChI is InChI=1S/C17H21NO5S/c1-3-24-11-10-14(16(20)21)18-15(19)9-6-12-4-7-13(8-5-12)17(22)23-2/h4-9,14H,3,10-11H2,1-2H3,(H,18,19)(H,20,21)/b9-6+. The molecule has 1 atom stereocenters. The summed E-state index contributed by atoms with van der Waals surface area (Å²) in [6.07, 6.45) is 3.20. The van der Waals surface area contributed by atoms with Crippen molar-refractivity contribution in [2.45, 2.75) is 19.4 Å². The largest absolute Gasteiger partial charge is 0.480 e. The highest BCUT2D eigenvalue weighted by Gasteiger charge is 2.18. The van der Waals surface area contributed by atoms with E-state index in [9.17, 15) is 14.4 Å². The highest BCUT2D eigenvalue weighted by Crippen LogP contribution is 2.08. The van der Waals surface area contributed by atoms with Crippen LogP contribution in [0.1, 0.15) is 29.3 Å². The molecule has 0 saturated heterocycles. The molecule has 1 aromatic rings. The Balaban J connectivity index is 2.60. The van der Waals surface area contributed by atoms with Crippen LogP contribution < -0.4 is 5.32 Å². The Kier molecular flexibility index (Phi) is 8.64. The van der Waals surface area contributed by atoms with Crippen LogP contribution in [0.4, 0.5) is 0 Å². The summed E-state index contributed by atoms with van der Waals surface area (Å²) in [5, 5.41) is 11.6. The lowest BCUT2D eigenvalue weighted by Gasteiger charge is -2.12. The van der Waals surface area contributed by atoms with Crippen molar-refractivity contribution in [1.82, 2.24) is 5.32 Å². The molecule has 0 aliphatic rings. The van der Waals surface area contributed by atoms with Gasteiger partial charge in [-0.3, -0.25) is 4.79 Å². The number of aliphatic carboxylic acids is 1. The number of amides is 1. The number of hydrogen-bond donors (Lipinski definition) is 2. The van der Waals surface area contributed by atoms with E-state index in [1.165, 1.54) is 13.2 Å². The summed E-state index contributed by atoms with van der Waals surface area (Å²) < 4.78 is 4.60. The molecule has 0 aliphatic carbocycles. The molecular formula is C17H21NO5S. The van der Waals surface area contributed by atoms with Crippen LogP contribution >= 0.6 is 11.8 Å². The molecule has 0 saturated carbocycles. The lowest BCUT2D eigenvalue weighted by molar-refractivity contribution is -0.141. The van der Waals surface area contributed by atoms with Crippen molar-refractivity contribution >= 4 is 35.7 Å². The monoisotopic (exact) mass is 351 g/mol. The molecule has 1 unspecified atom stereocenters. The van der Waals surface area contributed by atoms with Crippen molar-refractivity contribution < 1.29 is 24.2 Å². The fraction of sp³-hybridized carbons (Fsp3) is 0.353. The molecule has 24 heavy (non-hydrogen) atoms. The molecule has 0 fully saturated rings. The highest BCUT2D eigenvalue weighted by molar-refractivity contribution is 7.99. The molecule has 0 aromatic heterocycles. The van der Waals surface area contributed by atoms with Gasteiger partial charge in [0.15, 0.2) is 0 Å². The molecule has 1 aromatic carbocycles. The molecule has 0 bridgehead atoms. The first kappa shape index (κ1) is 19.8. The van der Waals surface area contributed by atoms with Crippen molar-refractivity contribution in [2.75, 3.05) is 18.6 Å². The molecule has 6 nitrogen and oxygen atoms in total. The van der Waals surface area contributed by atoms with Crippen LogP contribution in [-0.4, -0.2) is 47.6 Å². The highest BCUT2D eigenvalue weighted by atomic mass is 32.2. The molecule has 0 radical (unpaired) electrons. The van der Waals surface area contributed by atoms with Gasteiger partial charge in [-0.1, -0.05) is 19.1 Å². The fourth-order valence-corrected chi connectivity index (χ4v) is 2.53. The third kappa shape index (κ3) is 6.87. The summed E-state index contributed by atoms with van der Waals surface area (Å²) in [4.78, 5) is 34.3. The second-order valence-corrected chi connectivity index (χ2v) is 6.23. The Hall–Kier alpha value is -2.28. The Morgan fingerprint density at radius 3 is 2.50 bits per heavy atom. The minimum Gasteiger partial charge on any atom is -0.480 e. The van der Waals surface area contributed by atoms with E-state index in [1.807, 2.05) is 6.92 Å². The minimum atomic E-state index is -1.05. The Bertz CT molecular complexity index is 598. The maximum Gasteiger partial charge on any atom is 0.337 e. The lowest BCUT2D eigenvalue weighted by atomic mass is 10.1. The van der Waals surface area contributed by atoms with E-state index in [1.54, 1.807) is 42.1 Å². The van der Waals surface area contributed by atoms with Gasteiger partial charge in [0.25, 0.3) is 0 Å². The first-order chi connectivity index (χ1) is 11.5. The van der Waals surface area contributed by atoms with Crippen LogP contribution in [0.25, 0.3) is 6.08 Å². The molecule has 1 rings (SSSR count). The Morgan fingerprint density at radius 2 is 1.96 bits per heavy atom. The number of nitrogens with one attached hydrogen (secondary N) is 1. The number of ether oxygens (including phenoxy) is 1. The number of thioether (sulfide) groups is 1. The minimum absolute atomic E-state index is 0.376. The number of carbonyl (C=O) groups excluding carboxylic acids is 2. The zero-order valence-corrected chi connectivity index (χ0v) is 14.5. The van der Waals surface area contributed by atoms with Gasteiger partial charge < -0.3 is 15.2 Å². The molecule has 7 heteroatoms. The summed E-state index contributed by atoms with van der Waals surface area (Å²) in [6, 6.07) is 5.62. The summed E-state index contributed by atoms with van der Waals surface area (Å²) in [7, 11) is 1.30. The Labute approximate surface area is 145 Å². The van der Waals surface area contributed by atoms with Crippen LogP contribution in [-0.2, 0) is 14.3 Å². The van der Waals surface area contributed by atoms with Crippen LogP contribution in [0.15, 0.2) is 30.3 Å². The van der Waals surface area contributed by atoms with E-state index >= 15 is 0 Å². The third-order valence-electron chi connectivity index (χ3n) is 3.13. The van der Waals surface area contributed by atoms with E-state index in [0.717, 1.165) is 5.75 Å². The van der Waals surface area contributed by atoms with Crippen LogP contribution in [0.5, 0.6) is 0 Å². The van der Waals surface area contributed by atoms with Gasteiger partial charge in [-0.15, -0.1) is 0 Å². The number of carbonyl (C=O) groups is 3. The van der Waals surface area contributed by atoms with Gasteiger partial charge in [0.1, 0.15) is 6.04 Å². The molecule has 0 aliphatic heterocycles. The molecule has 2 N–H and O–H groups in total. The van der Waals surface area contributed by atoms with Gasteiger partial charge in [0.05, 0.1) is 12.7 Å². The molecule has 130 valence electrons. The zero-order valence-electron chi connectivity index (χ0n) is 13.7. The number of benzene rings is 1. The molecule has 1 amide bonds. The smallest absolute Gasteiger partial charge is 0.337 e. The van der Waals surface area contributed by atoms with Crippen molar-refractivity contribution in [3.63, 3.8) is 0 Å². The summed E-state index contributed by atoms with van der Waals surface area (Å²) in [5.41, 5.74) is 1.13. The maximum absolute atomic E-state index is 11.8. The van der Waals surface area contributed by atoms with Crippen molar-refractivity contribution in [3.8, 4) is 0 Å². The lowest BCUT2D eigenvalue weighted by Crippen LogP contribution is -2.40. The number of hydrogen-bond acceptors (Lipinski definition) is 5. The SMILES string of the molecule is CCSCCC(NC(=O)/C=C/c1ccc(C(=O)OC)cc1)C(=O)O. The number of esters is 1. The number of methoxy groups -OCH3 is 1. The number of carboxylic acids is 1. The van der Waals surface area contributed by atoms with Crippen molar-refractivity contribution in [3.05, 3.63) is 41.5 Å². The van der Waals surface area contributed by atoms with E-state index in [2.05, 4.69) is 10.1 Å². The second kappa shape index (κ2) is 10.5. The van der Waals surface area contributed by atoms with E-state index < -0.39 is 23.9 Å². The molecule has 0 heterocycles. The van der Waals surface area contributed by atoms with Crippen LogP contribution in [0.3, 0.4) is 0 Å². The zero-order chi connectivity index (χ0) is 17.9. The molecule has 0 spiro atoms. The van der Waals surface area contributed by atoms with E-state index in [4.69, 9.17) is 5.11 Å². The molecular weight excluding hydrogens is 330 g/mol. The third-order valence-corrected chi connectivity index (χ3v) is 4.06. The van der Waals surface area contributed by atoms with E-state index in [-0.39, 0.29) is 0 Å². The topological polar surface area (TPSA) is 92.7 Å². The van der Waals surface area contributed by atoms with Crippen LogP contribution in [0.2, 0.25) is 0 Å². The van der Waals surface area contributed by atoms with Gasteiger partial charge in [0, 0.05) is 6.08 Å². The summed E-state index contributed by atoms with van der Waals surface area (Å²) in [5.74, 6) is -0.372. The number of rotatable bonds is 9. The van der Waals surface area contributed by atoms with Gasteiger partial charge in [-0.2, -0.15) is 11.8 Å². The number of carboxylic acid groups (broad SMARTS) is 1. The van der Waals surface area contributed by atoms with Crippen molar-refractivity contribution in [2.24, 2.45) is 0 Å². The van der Waals surface area contributed by atoms with Gasteiger partial charge in [0.2, 0.25) is 5.91 Å². The fourth-order valence-electron chi connectivity index (χ4n) is 1.84. The first-order valence-electron chi connectivity index (χ1n) is 7.45.